The molecule has 3 aliphatic heterocycles. The van der Waals surface area contributed by atoms with Crippen LogP contribution >= 0.6 is 11.6 Å². The third-order valence-corrected chi connectivity index (χ3v) is 15.3. The first-order valence-corrected chi connectivity index (χ1v) is 26.2. The van der Waals surface area contributed by atoms with Gasteiger partial charge in [-0.1, -0.05) is 24.6 Å². The highest BCUT2D eigenvalue weighted by Gasteiger charge is 2.28. The molecule has 0 bridgehead atoms. The third kappa shape index (κ3) is 12.6. The average molecular weight is 974 g/mol. The number of amides is 1. The molecule has 372 valence electrons. The van der Waals surface area contributed by atoms with Gasteiger partial charge >= 0.3 is 0 Å². The molecular weight excluding hydrogens is 904 g/mol. The fourth-order valence-electron chi connectivity index (χ4n) is 10.8. The van der Waals surface area contributed by atoms with E-state index < -0.39 is 0 Å². The second-order valence-corrected chi connectivity index (χ2v) is 20.1. The molecule has 3 saturated heterocycles. The maximum atomic E-state index is 13.1. The van der Waals surface area contributed by atoms with Gasteiger partial charge < -0.3 is 39.9 Å². The van der Waals surface area contributed by atoms with E-state index in [1.54, 1.807) is 30.6 Å². The van der Waals surface area contributed by atoms with E-state index in [4.69, 9.17) is 31.3 Å². The Bertz CT molecular complexity index is 2510. The number of pyridine rings is 1. The van der Waals surface area contributed by atoms with E-state index in [0.29, 0.717) is 58.8 Å². The lowest BCUT2D eigenvalue weighted by Gasteiger charge is -2.37. The van der Waals surface area contributed by atoms with E-state index in [2.05, 4.69) is 70.5 Å². The number of anilines is 3. The zero-order valence-electron chi connectivity index (χ0n) is 40.7. The molecule has 9 rings (SSSR count). The largest absolute Gasteiger partial charge is 0.490 e. The lowest BCUT2D eigenvalue weighted by Crippen LogP contribution is -2.42. The number of hydrogen-bond donors (Lipinski definition) is 3. The number of nitrogens with zero attached hydrogens (tertiary/aromatic N) is 10. The summed E-state index contributed by atoms with van der Waals surface area (Å²) in [6, 6.07) is 13.7. The van der Waals surface area contributed by atoms with Crippen LogP contribution in [0, 0.1) is 23.2 Å². The maximum Gasteiger partial charge on any atom is 0.254 e. The lowest BCUT2D eigenvalue weighted by atomic mass is 9.90. The van der Waals surface area contributed by atoms with Crippen LogP contribution in [-0.4, -0.2) is 116 Å². The minimum atomic E-state index is -0.143. The number of benzene rings is 1. The van der Waals surface area contributed by atoms with Crippen LogP contribution in [0.3, 0.4) is 0 Å². The summed E-state index contributed by atoms with van der Waals surface area (Å²) < 4.78 is 14.1. The van der Waals surface area contributed by atoms with Crippen LogP contribution in [0.25, 0.3) is 5.65 Å². The summed E-state index contributed by atoms with van der Waals surface area (Å²) in [5, 5.41) is 30.7. The van der Waals surface area contributed by atoms with E-state index in [1.807, 2.05) is 23.0 Å². The van der Waals surface area contributed by atoms with E-state index in [0.717, 1.165) is 144 Å². The third-order valence-electron chi connectivity index (χ3n) is 15.0. The van der Waals surface area contributed by atoms with Crippen molar-refractivity contribution in [2.24, 2.45) is 11.8 Å². The minimum Gasteiger partial charge on any atom is -0.490 e. The number of aromatic nitrogens is 6. The highest BCUT2D eigenvalue weighted by molar-refractivity contribution is 6.31. The van der Waals surface area contributed by atoms with E-state index in [-0.39, 0.29) is 24.7 Å². The average Bonchev–Trinajstić information content (AvgIpc) is 3.82. The number of fused-ring (bicyclic) bond motifs is 1. The summed E-state index contributed by atoms with van der Waals surface area (Å²) in [7, 11) is 0. The molecule has 0 radical (unpaired) electrons. The molecule has 1 aromatic carbocycles. The highest BCUT2D eigenvalue weighted by atomic mass is 35.5. The number of ether oxygens (including phenoxy) is 2. The van der Waals surface area contributed by atoms with E-state index >= 15 is 0 Å². The van der Waals surface area contributed by atoms with Gasteiger partial charge in [0.1, 0.15) is 23.5 Å². The fourth-order valence-corrected chi connectivity index (χ4v) is 11.0. The predicted octanol–water partition coefficient (Wildman–Crippen LogP) is 8.26. The highest BCUT2D eigenvalue weighted by Crippen LogP contribution is 2.31. The molecule has 17 heteroatoms. The van der Waals surface area contributed by atoms with Crippen molar-refractivity contribution in [3.8, 4) is 17.7 Å². The number of aryl methyl sites for hydroxylation is 1. The van der Waals surface area contributed by atoms with Gasteiger partial charge in [0, 0.05) is 93.8 Å². The fraction of sp³-hybridized carbons (Fsp3) is 0.566. The van der Waals surface area contributed by atoms with Crippen molar-refractivity contribution in [1.82, 2.24) is 39.8 Å². The summed E-state index contributed by atoms with van der Waals surface area (Å²) >= 11 is 6.17. The van der Waals surface area contributed by atoms with E-state index in [9.17, 15) is 9.90 Å². The van der Waals surface area contributed by atoms with Gasteiger partial charge in [-0.05, 0) is 139 Å². The molecular formula is C53H69ClN12O4. The van der Waals surface area contributed by atoms with Crippen molar-refractivity contribution in [2.45, 2.75) is 128 Å². The minimum absolute atomic E-state index is 0.0432. The zero-order chi connectivity index (χ0) is 48.2. The Balaban J connectivity index is 0.638. The number of aliphatic hydroxyl groups is 1. The number of rotatable bonds is 19. The van der Waals surface area contributed by atoms with Gasteiger partial charge in [0.2, 0.25) is 11.8 Å². The van der Waals surface area contributed by atoms with Crippen LogP contribution in [0.5, 0.6) is 11.6 Å². The number of nitriles is 1. The van der Waals surface area contributed by atoms with Crippen LogP contribution in [0.2, 0.25) is 5.02 Å². The molecule has 4 fully saturated rings. The van der Waals surface area contributed by atoms with Gasteiger partial charge in [0.25, 0.3) is 5.91 Å². The number of carbonyl (C=O) groups excluding carboxylic acids is 1. The van der Waals surface area contributed by atoms with Crippen LogP contribution < -0.4 is 29.9 Å². The normalized spacial score (nSPS) is 20.6. The first-order valence-electron chi connectivity index (χ1n) is 25.9. The molecule has 4 aromatic heterocycles. The number of likely N-dealkylation sites (tertiary alicyclic amines) is 1. The summed E-state index contributed by atoms with van der Waals surface area (Å²) in [4.78, 5) is 39.3. The van der Waals surface area contributed by atoms with Crippen molar-refractivity contribution >= 4 is 40.7 Å². The number of nitrogens with one attached hydrogen (secondary N) is 2. The summed E-state index contributed by atoms with van der Waals surface area (Å²) in [5.41, 5.74) is 3.97. The molecule has 70 heavy (non-hydrogen) atoms. The van der Waals surface area contributed by atoms with Crippen molar-refractivity contribution in [3.05, 3.63) is 88.5 Å². The van der Waals surface area contributed by atoms with Gasteiger partial charge in [-0.2, -0.15) is 14.9 Å². The van der Waals surface area contributed by atoms with Gasteiger partial charge in [-0.25, -0.2) is 19.9 Å². The quantitative estimate of drug-likeness (QED) is 0.0673. The molecule has 3 N–H and O–H groups in total. The van der Waals surface area contributed by atoms with Gasteiger partial charge in [0.15, 0.2) is 5.65 Å². The molecule has 0 spiro atoms. The Morgan fingerprint density at radius 1 is 0.886 bits per heavy atom. The molecule has 1 saturated carbocycles. The zero-order valence-corrected chi connectivity index (χ0v) is 41.4. The summed E-state index contributed by atoms with van der Waals surface area (Å²) in [5.74, 6) is 5.12. The summed E-state index contributed by atoms with van der Waals surface area (Å²) in [6.45, 7) is 9.85. The van der Waals surface area contributed by atoms with Crippen LogP contribution in [-0.2, 0) is 13.0 Å². The molecule has 5 aromatic rings. The molecule has 0 unspecified atom stereocenters. The Hall–Kier alpha value is -5.76. The topological polar surface area (TPSA) is 182 Å². The van der Waals surface area contributed by atoms with Crippen molar-refractivity contribution in [2.75, 3.05) is 67.6 Å². The van der Waals surface area contributed by atoms with Crippen molar-refractivity contribution < 1.29 is 19.4 Å². The smallest absolute Gasteiger partial charge is 0.254 e. The monoisotopic (exact) mass is 973 g/mol. The number of hydrogen-bond acceptors (Lipinski definition) is 14. The Labute approximate surface area is 417 Å². The van der Waals surface area contributed by atoms with Crippen LogP contribution in [0.1, 0.15) is 124 Å². The predicted molar refractivity (Wildman–Crippen MR) is 272 cm³/mol. The second-order valence-electron chi connectivity index (χ2n) is 19.7. The number of carbonyl (C=O) groups is 1. The molecule has 7 heterocycles. The number of halogens is 1. The number of piperidine rings is 3. The molecule has 4 aliphatic rings. The second kappa shape index (κ2) is 23.9. The van der Waals surface area contributed by atoms with Crippen molar-refractivity contribution in [3.63, 3.8) is 0 Å². The standard InChI is InChI=1S/C53H69ClN12O4/c1-2-40-35-60-66-48(29-49(62-51(40)66)65-21-4-3-7-44(65)20-26-67)56-31-39-8-15-50(57-32-39)69-27-5-6-37-16-22-63(23-17-37)36-38-18-24-64(25-19-38)53-58-33-42(34-59-53)52(68)61-43-10-13-45(14-11-43)70-46-12-9-41(30-55)47(54)28-46/h8-9,12,15,28-29,32-35,37-38,43-45,56,67H,2-7,10-11,13-14,16-27,31,36H2,1H3,(H,61,68)/t43-,44-,45-/m0/s1. The SMILES string of the molecule is CCc1cnn2c(NCc3ccc(OCCCC4CCN(CC5CCN(c6ncc(C(=O)N[C@H]7CC[C@H](Oc8ccc(C#N)c(Cl)c8)CC7)cn6)CC5)CC4)nc3)cc(N3CCCC[C@H]3CCO)nc12. The van der Waals surface area contributed by atoms with Gasteiger partial charge in [-0.3, -0.25) is 4.79 Å². The molecule has 1 amide bonds. The molecule has 16 nitrogen and oxygen atoms in total. The van der Waals surface area contributed by atoms with Crippen LogP contribution in [0.4, 0.5) is 17.6 Å². The van der Waals surface area contributed by atoms with Crippen molar-refractivity contribution in [1.29, 1.82) is 5.26 Å². The Morgan fingerprint density at radius 3 is 2.41 bits per heavy atom. The molecule has 1 aliphatic carbocycles. The van der Waals surface area contributed by atoms with Gasteiger partial charge in [-0.15, -0.1) is 0 Å². The van der Waals surface area contributed by atoms with Gasteiger partial charge in [0.05, 0.1) is 35.1 Å². The first-order chi connectivity index (χ1) is 34.3. The summed E-state index contributed by atoms with van der Waals surface area (Å²) in [6.07, 6.45) is 22.3. The number of aliphatic hydroxyl groups excluding tert-OH is 1. The van der Waals surface area contributed by atoms with E-state index in [1.165, 1.54) is 25.7 Å². The Kier molecular flexibility index (Phi) is 16.8. The van der Waals surface area contributed by atoms with Crippen LogP contribution in [0.15, 0.2) is 61.2 Å². The lowest BCUT2D eigenvalue weighted by molar-refractivity contribution is 0.0893. The maximum absolute atomic E-state index is 13.1. The molecule has 1 atom stereocenters. The first kappa shape index (κ1) is 49.2. The Morgan fingerprint density at radius 2 is 1.69 bits per heavy atom.